The first-order chi connectivity index (χ1) is 4.76. The maximum Gasteiger partial charge on any atom is 0.140 e. The zero-order chi connectivity index (χ0) is 7.98. The van der Waals surface area contributed by atoms with E-state index in [0.717, 1.165) is 17.4 Å². The van der Waals surface area contributed by atoms with Gasteiger partial charge in [0.25, 0.3) is 0 Å². The van der Waals surface area contributed by atoms with Crippen LogP contribution in [0.5, 0.6) is 0 Å². The maximum atomic E-state index is 5.09. The predicted octanol–water partition coefficient (Wildman–Crippen LogP) is 2.49. The zero-order valence-corrected chi connectivity index (χ0v) is 8.10. The van der Waals surface area contributed by atoms with Crippen molar-refractivity contribution in [2.24, 2.45) is 0 Å². The Hall–Kier alpha value is -0.0200. The Bertz CT molecular complexity index is 119. The number of rotatable bonds is 3. The van der Waals surface area contributed by atoms with Crippen molar-refractivity contribution in [3.63, 3.8) is 0 Å². The summed E-state index contributed by atoms with van der Waals surface area (Å²) in [5.41, 5.74) is 0. The Kier molecular flexibility index (Phi) is 5.73. The Morgan fingerprint density at radius 3 is 2.40 bits per heavy atom. The molecule has 0 aromatic rings. The topological polar surface area (TPSA) is 3.24 Å². The third kappa shape index (κ3) is 3.22. The van der Waals surface area contributed by atoms with Gasteiger partial charge >= 0.3 is 0 Å². The number of hydrogen-bond acceptors (Lipinski definition) is 2. The highest BCUT2D eigenvalue weighted by molar-refractivity contribution is 8.24. The number of thioether (sulfide) groups is 1. The lowest BCUT2D eigenvalue weighted by Crippen LogP contribution is -2.26. The predicted molar refractivity (Wildman–Crippen MR) is 53.3 cm³/mol. The molecule has 58 valence electrons. The molecular formula is C7H13NS2. The first-order valence-corrected chi connectivity index (χ1v) is 4.61. The lowest BCUT2D eigenvalue weighted by atomic mass is 10.6. The van der Waals surface area contributed by atoms with Crippen molar-refractivity contribution in [1.29, 1.82) is 0 Å². The highest BCUT2D eigenvalue weighted by Gasteiger charge is 2.01. The SMILES string of the molecule is C=CSC(=S)N(CC)CC. The average Bonchev–Trinajstić information content (AvgIpc) is 1.91. The van der Waals surface area contributed by atoms with Crippen molar-refractivity contribution in [2.75, 3.05) is 13.1 Å². The normalized spacial score (nSPS) is 9.00. The highest BCUT2D eigenvalue weighted by Crippen LogP contribution is 2.08. The Morgan fingerprint density at radius 2 is 2.10 bits per heavy atom. The van der Waals surface area contributed by atoms with E-state index in [1.807, 2.05) is 0 Å². The fraction of sp³-hybridized carbons (Fsp3) is 0.571. The summed E-state index contributed by atoms with van der Waals surface area (Å²) in [4.78, 5) is 2.13. The molecule has 0 aromatic carbocycles. The molecular weight excluding hydrogens is 162 g/mol. The summed E-state index contributed by atoms with van der Waals surface area (Å²) < 4.78 is 0.917. The fourth-order valence-corrected chi connectivity index (χ4v) is 1.64. The summed E-state index contributed by atoms with van der Waals surface area (Å²) in [6.07, 6.45) is 0. The third-order valence-corrected chi connectivity index (χ3v) is 2.38. The molecule has 0 unspecified atom stereocenters. The fourth-order valence-electron chi connectivity index (χ4n) is 0.628. The molecule has 0 spiro atoms. The molecule has 0 atom stereocenters. The lowest BCUT2D eigenvalue weighted by molar-refractivity contribution is 0.482. The second-order valence-electron chi connectivity index (χ2n) is 1.72. The molecule has 0 aliphatic carbocycles. The summed E-state index contributed by atoms with van der Waals surface area (Å²) in [7, 11) is 0. The molecule has 0 N–H and O–H groups in total. The van der Waals surface area contributed by atoms with Crippen molar-refractivity contribution in [2.45, 2.75) is 13.8 Å². The molecule has 0 bridgehead atoms. The van der Waals surface area contributed by atoms with Gasteiger partial charge in [0, 0.05) is 13.1 Å². The summed E-state index contributed by atoms with van der Waals surface area (Å²) in [6.45, 7) is 9.76. The van der Waals surface area contributed by atoms with Crippen LogP contribution in [0.1, 0.15) is 13.8 Å². The third-order valence-electron chi connectivity index (χ3n) is 1.21. The molecule has 0 aliphatic rings. The molecule has 0 amide bonds. The molecule has 0 heterocycles. The van der Waals surface area contributed by atoms with Gasteiger partial charge in [-0.2, -0.15) is 0 Å². The molecule has 0 aromatic heterocycles. The molecule has 0 saturated carbocycles. The van der Waals surface area contributed by atoms with Crippen LogP contribution in [0.3, 0.4) is 0 Å². The van der Waals surface area contributed by atoms with E-state index in [1.165, 1.54) is 11.8 Å². The van der Waals surface area contributed by atoms with Crippen LogP contribution in [0, 0.1) is 0 Å². The molecule has 3 heteroatoms. The van der Waals surface area contributed by atoms with E-state index in [-0.39, 0.29) is 0 Å². The van der Waals surface area contributed by atoms with Gasteiger partial charge < -0.3 is 4.90 Å². The zero-order valence-electron chi connectivity index (χ0n) is 6.46. The Labute approximate surface area is 72.5 Å². The number of hydrogen-bond donors (Lipinski definition) is 0. The minimum absolute atomic E-state index is 0.917. The van der Waals surface area contributed by atoms with Crippen molar-refractivity contribution >= 4 is 28.3 Å². The summed E-state index contributed by atoms with van der Waals surface area (Å²) in [5.74, 6) is 0. The van der Waals surface area contributed by atoms with Gasteiger partial charge in [-0.1, -0.05) is 30.6 Å². The molecule has 0 fully saturated rings. The summed E-state index contributed by atoms with van der Waals surface area (Å²) >= 11 is 6.60. The smallest absolute Gasteiger partial charge is 0.140 e. The van der Waals surface area contributed by atoms with Gasteiger partial charge in [-0.25, -0.2) is 0 Å². The van der Waals surface area contributed by atoms with Crippen molar-refractivity contribution < 1.29 is 0 Å². The van der Waals surface area contributed by atoms with Crippen LogP contribution in [-0.2, 0) is 0 Å². The van der Waals surface area contributed by atoms with Gasteiger partial charge in [-0.15, -0.1) is 0 Å². The van der Waals surface area contributed by atoms with E-state index in [0.29, 0.717) is 0 Å². The van der Waals surface area contributed by atoms with Gasteiger partial charge in [0.1, 0.15) is 4.32 Å². The monoisotopic (exact) mass is 175 g/mol. The average molecular weight is 175 g/mol. The Balaban J connectivity index is 3.76. The first-order valence-electron chi connectivity index (χ1n) is 3.32. The van der Waals surface area contributed by atoms with E-state index in [4.69, 9.17) is 12.2 Å². The van der Waals surface area contributed by atoms with E-state index in [9.17, 15) is 0 Å². The maximum absolute atomic E-state index is 5.09. The van der Waals surface area contributed by atoms with Crippen molar-refractivity contribution in [3.8, 4) is 0 Å². The molecule has 10 heavy (non-hydrogen) atoms. The van der Waals surface area contributed by atoms with Gasteiger partial charge in [0.2, 0.25) is 0 Å². The van der Waals surface area contributed by atoms with Crippen LogP contribution in [-0.4, -0.2) is 22.3 Å². The minimum atomic E-state index is 0.917. The minimum Gasteiger partial charge on any atom is -0.358 e. The van der Waals surface area contributed by atoms with Crippen molar-refractivity contribution in [1.82, 2.24) is 4.90 Å². The van der Waals surface area contributed by atoms with Gasteiger partial charge in [0.05, 0.1) is 0 Å². The quantitative estimate of drug-likeness (QED) is 0.607. The highest BCUT2D eigenvalue weighted by atomic mass is 32.2. The number of nitrogens with zero attached hydrogens (tertiary/aromatic N) is 1. The van der Waals surface area contributed by atoms with E-state index < -0.39 is 0 Å². The number of thiocarbonyl (C=S) groups is 1. The van der Waals surface area contributed by atoms with Crippen LogP contribution in [0.2, 0.25) is 0 Å². The van der Waals surface area contributed by atoms with E-state index in [1.54, 1.807) is 5.41 Å². The molecule has 0 rings (SSSR count). The second-order valence-corrected chi connectivity index (χ2v) is 3.32. The Morgan fingerprint density at radius 1 is 1.60 bits per heavy atom. The van der Waals surface area contributed by atoms with Crippen LogP contribution in [0.15, 0.2) is 12.0 Å². The lowest BCUT2D eigenvalue weighted by Gasteiger charge is -2.19. The molecule has 0 saturated heterocycles. The largest absolute Gasteiger partial charge is 0.358 e. The van der Waals surface area contributed by atoms with Crippen LogP contribution in [0.25, 0.3) is 0 Å². The van der Waals surface area contributed by atoms with Crippen LogP contribution in [0.4, 0.5) is 0 Å². The van der Waals surface area contributed by atoms with Crippen LogP contribution >= 0.6 is 24.0 Å². The van der Waals surface area contributed by atoms with Gasteiger partial charge in [0.15, 0.2) is 0 Å². The molecule has 1 nitrogen and oxygen atoms in total. The van der Waals surface area contributed by atoms with E-state index in [2.05, 4.69) is 25.3 Å². The first kappa shape index (κ1) is 9.98. The standard InChI is InChI=1S/C7H13NS2/c1-4-8(5-2)7(9)10-6-3/h6H,3-5H2,1-2H3. The van der Waals surface area contributed by atoms with E-state index >= 15 is 0 Å². The van der Waals surface area contributed by atoms with Gasteiger partial charge in [-0.05, 0) is 19.3 Å². The van der Waals surface area contributed by atoms with Gasteiger partial charge in [-0.3, -0.25) is 0 Å². The van der Waals surface area contributed by atoms with Crippen molar-refractivity contribution in [3.05, 3.63) is 12.0 Å². The summed E-state index contributed by atoms with van der Waals surface area (Å²) in [5, 5.41) is 1.76. The molecule has 0 aliphatic heterocycles. The summed E-state index contributed by atoms with van der Waals surface area (Å²) in [6, 6.07) is 0. The molecule has 0 radical (unpaired) electrons. The van der Waals surface area contributed by atoms with Crippen LogP contribution < -0.4 is 0 Å². The second kappa shape index (κ2) is 5.74.